The molecule has 2 aromatic rings. The molecule has 0 aliphatic carbocycles. The van der Waals surface area contributed by atoms with Crippen molar-refractivity contribution < 1.29 is 9.18 Å². The lowest BCUT2D eigenvalue weighted by Crippen LogP contribution is -2.50. The lowest BCUT2D eigenvalue weighted by molar-refractivity contribution is 0.208. The number of carbonyl (C=O) groups excluding carboxylic acids is 1. The average Bonchev–Trinajstić information content (AvgIpc) is 2.76. The number of aromatic nitrogens is 2. The van der Waals surface area contributed by atoms with Crippen LogP contribution in [0.15, 0.2) is 24.3 Å². The SMILES string of the molecule is Cc1nc(N2CCN(C)CC2)cc(N2CCN(C(=O)Nc3ccc(F)c(Cl)c3)CC2)n1. The largest absolute Gasteiger partial charge is 0.354 e. The van der Waals surface area contributed by atoms with Crippen LogP contribution in [0.1, 0.15) is 5.82 Å². The number of likely N-dealkylation sites (N-methyl/N-ethyl adjacent to an activating group) is 1. The fourth-order valence-corrected chi connectivity index (χ4v) is 3.99. The normalized spacial score (nSPS) is 17.7. The predicted octanol–water partition coefficient (Wildman–Crippen LogP) is 2.68. The Morgan fingerprint density at radius 3 is 2.13 bits per heavy atom. The fourth-order valence-electron chi connectivity index (χ4n) is 3.81. The highest BCUT2D eigenvalue weighted by Gasteiger charge is 2.24. The molecule has 3 heterocycles. The van der Waals surface area contributed by atoms with Crippen LogP contribution in [0.3, 0.4) is 0 Å². The first-order chi connectivity index (χ1) is 14.9. The van der Waals surface area contributed by atoms with Crippen molar-refractivity contribution >= 4 is 35.0 Å². The van der Waals surface area contributed by atoms with E-state index in [9.17, 15) is 9.18 Å². The number of hydrogen-bond donors (Lipinski definition) is 1. The number of carbonyl (C=O) groups is 1. The van der Waals surface area contributed by atoms with E-state index in [1.54, 1.807) is 4.90 Å². The number of anilines is 3. The molecule has 2 aliphatic heterocycles. The summed E-state index contributed by atoms with van der Waals surface area (Å²) in [6.45, 7) is 8.34. The summed E-state index contributed by atoms with van der Waals surface area (Å²) in [4.78, 5) is 30.4. The number of benzene rings is 1. The molecule has 4 rings (SSSR count). The van der Waals surface area contributed by atoms with Crippen LogP contribution in [0.5, 0.6) is 0 Å². The number of nitrogens with zero attached hydrogens (tertiary/aromatic N) is 6. The molecule has 0 bridgehead atoms. The minimum absolute atomic E-state index is 0.0158. The van der Waals surface area contributed by atoms with E-state index >= 15 is 0 Å². The van der Waals surface area contributed by atoms with Crippen molar-refractivity contribution in [2.45, 2.75) is 6.92 Å². The molecule has 0 radical (unpaired) electrons. The van der Waals surface area contributed by atoms with Gasteiger partial charge in [-0.3, -0.25) is 0 Å². The van der Waals surface area contributed by atoms with Gasteiger partial charge in [-0.05, 0) is 32.2 Å². The lowest BCUT2D eigenvalue weighted by atomic mass is 10.3. The summed E-state index contributed by atoms with van der Waals surface area (Å²) in [5.41, 5.74) is 0.474. The second-order valence-corrected chi connectivity index (χ2v) is 8.36. The summed E-state index contributed by atoms with van der Waals surface area (Å²) in [5.74, 6) is 2.10. The zero-order chi connectivity index (χ0) is 22.0. The van der Waals surface area contributed by atoms with Crippen LogP contribution in [0.2, 0.25) is 5.02 Å². The Kier molecular flexibility index (Phi) is 6.43. The Balaban J connectivity index is 1.37. The zero-order valence-electron chi connectivity index (χ0n) is 17.8. The van der Waals surface area contributed by atoms with Crippen LogP contribution in [-0.2, 0) is 0 Å². The molecule has 0 atom stereocenters. The molecule has 2 aliphatic rings. The van der Waals surface area contributed by atoms with Crippen LogP contribution in [0.25, 0.3) is 0 Å². The first-order valence-electron chi connectivity index (χ1n) is 10.4. The van der Waals surface area contributed by atoms with Gasteiger partial charge >= 0.3 is 6.03 Å². The smallest absolute Gasteiger partial charge is 0.321 e. The summed E-state index contributed by atoms with van der Waals surface area (Å²) in [6, 6.07) is 5.98. The molecule has 1 aromatic carbocycles. The minimum atomic E-state index is -0.510. The zero-order valence-corrected chi connectivity index (χ0v) is 18.6. The highest BCUT2D eigenvalue weighted by atomic mass is 35.5. The van der Waals surface area contributed by atoms with E-state index in [1.807, 2.05) is 6.92 Å². The predicted molar refractivity (Wildman–Crippen MR) is 121 cm³/mol. The summed E-state index contributed by atoms with van der Waals surface area (Å²) >= 11 is 5.79. The number of nitrogens with one attached hydrogen (secondary N) is 1. The number of piperazine rings is 2. The lowest BCUT2D eigenvalue weighted by Gasteiger charge is -2.36. The van der Waals surface area contributed by atoms with Crippen molar-refractivity contribution in [3.8, 4) is 0 Å². The van der Waals surface area contributed by atoms with Crippen LogP contribution < -0.4 is 15.1 Å². The Hall–Kier alpha value is -2.65. The van der Waals surface area contributed by atoms with Gasteiger partial charge in [-0.25, -0.2) is 19.2 Å². The van der Waals surface area contributed by atoms with Crippen LogP contribution >= 0.6 is 11.6 Å². The molecule has 2 saturated heterocycles. The molecular formula is C21H27ClFN7O. The van der Waals surface area contributed by atoms with Gasteiger partial charge in [-0.15, -0.1) is 0 Å². The van der Waals surface area contributed by atoms with E-state index in [0.717, 1.165) is 43.6 Å². The van der Waals surface area contributed by atoms with Crippen molar-refractivity contribution in [2.75, 3.05) is 74.5 Å². The van der Waals surface area contributed by atoms with E-state index in [-0.39, 0.29) is 11.1 Å². The maximum Gasteiger partial charge on any atom is 0.321 e. The standard InChI is InChI=1S/C21H27ClFN7O/c1-15-24-19(28-7-5-27(2)6-8-28)14-20(25-15)29-9-11-30(12-10-29)21(31)26-16-3-4-18(23)17(22)13-16/h3-4,13-14H,5-12H2,1-2H3,(H,26,31). The number of amides is 2. The summed E-state index contributed by atoms with van der Waals surface area (Å²) in [6.07, 6.45) is 0. The van der Waals surface area contributed by atoms with Crippen molar-refractivity contribution in [1.29, 1.82) is 0 Å². The Labute approximate surface area is 186 Å². The van der Waals surface area contributed by atoms with Gasteiger partial charge in [0.1, 0.15) is 23.3 Å². The quantitative estimate of drug-likeness (QED) is 0.780. The Morgan fingerprint density at radius 2 is 1.55 bits per heavy atom. The fraction of sp³-hybridized carbons (Fsp3) is 0.476. The summed E-state index contributed by atoms with van der Waals surface area (Å²) < 4.78 is 13.3. The average molecular weight is 448 g/mol. The summed E-state index contributed by atoms with van der Waals surface area (Å²) in [5, 5.41) is 2.76. The van der Waals surface area contributed by atoms with Gasteiger partial charge in [0.05, 0.1) is 5.02 Å². The van der Waals surface area contributed by atoms with E-state index in [0.29, 0.717) is 31.9 Å². The van der Waals surface area contributed by atoms with E-state index in [4.69, 9.17) is 11.6 Å². The number of halogens is 2. The number of hydrogen-bond acceptors (Lipinski definition) is 6. The monoisotopic (exact) mass is 447 g/mol. The van der Waals surface area contributed by atoms with Gasteiger partial charge in [0.25, 0.3) is 0 Å². The van der Waals surface area contributed by atoms with E-state index in [2.05, 4.69) is 43.1 Å². The first-order valence-corrected chi connectivity index (χ1v) is 10.8. The molecule has 10 heteroatoms. The Morgan fingerprint density at radius 1 is 0.968 bits per heavy atom. The molecule has 2 fully saturated rings. The third kappa shape index (κ3) is 5.16. The van der Waals surface area contributed by atoms with E-state index < -0.39 is 5.82 Å². The number of urea groups is 1. The molecule has 31 heavy (non-hydrogen) atoms. The minimum Gasteiger partial charge on any atom is -0.354 e. The summed E-state index contributed by atoms with van der Waals surface area (Å²) in [7, 11) is 2.13. The molecule has 8 nitrogen and oxygen atoms in total. The maximum atomic E-state index is 13.3. The first kappa shape index (κ1) is 21.6. The molecular weight excluding hydrogens is 421 g/mol. The molecule has 0 unspecified atom stereocenters. The topological polar surface area (TPSA) is 67.8 Å². The van der Waals surface area contributed by atoms with Crippen molar-refractivity contribution in [2.24, 2.45) is 0 Å². The molecule has 166 valence electrons. The van der Waals surface area contributed by atoms with Gasteiger partial charge in [0.15, 0.2) is 0 Å². The van der Waals surface area contributed by atoms with Gasteiger partial charge in [0.2, 0.25) is 0 Å². The molecule has 2 amide bonds. The van der Waals surface area contributed by atoms with Gasteiger partial charge in [0, 0.05) is 64.1 Å². The van der Waals surface area contributed by atoms with Gasteiger partial charge < -0.3 is 24.9 Å². The molecule has 1 N–H and O–H groups in total. The third-order valence-electron chi connectivity index (χ3n) is 5.70. The highest BCUT2D eigenvalue weighted by molar-refractivity contribution is 6.31. The molecule has 0 spiro atoms. The molecule has 0 saturated carbocycles. The number of rotatable bonds is 3. The van der Waals surface area contributed by atoms with Crippen molar-refractivity contribution in [3.05, 3.63) is 40.9 Å². The van der Waals surface area contributed by atoms with Crippen molar-refractivity contribution in [3.63, 3.8) is 0 Å². The van der Waals surface area contributed by atoms with Crippen LogP contribution in [-0.4, -0.2) is 85.2 Å². The van der Waals surface area contributed by atoms with Crippen LogP contribution in [0, 0.1) is 12.7 Å². The highest BCUT2D eigenvalue weighted by Crippen LogP contribution is 2.23. The Bertz CT molecular complexity index is 943. The van der Waals surface area contributed by atoms with Crippen LogP contribution in [0.4, 0.5) is 26.5 Å². The van der Waals surface area contributed by atoms with Gasteiger partial charge in [-0.2, -0.15) is 0 Å². The van der Waals surface area contributed by atoms with Crippen molar-refractivity contribution in [1.82, 2.24) is 19.8 Å². The second-order valence-electron chi connectivity index (χ2n) is 7.96. The third-order valence-corrected chi connectivity index (χ3v) is 5.99. The second kappa shape index (κ2) is 9.23. The number of aryl methyl sites for hydroxylation is 1. The maximum absolute atomic E-state index is 13.3. The van der Waals surface area contributed by atoms with Gasteiger partial charge in [-0.1, -0.05) is 11.6 Å². The van der Waals surface area contributed by atoms with E-state index in [1.165, 1.54) is 18.2 Å². The molecule has 1 aromatic heterocycles.